The molecule has 0 aromatic rings. The molecule has 0 aromatic heterocycles. The van der Waals surface area contributed by atoms with Crippen LogP contribution in [-0.2, 0) is 4.74 Å². The van der Waals surface area contributed by atoms with Gasteiger partial charge in [-0.2, -0.15) is 0 Å². The standard InChI is InChI=1S/C10H19BrO/c1-3-5-6-7-12-9-10(4-2)8-11/h3,10H,1,4-9H2,2H3. The molecule has 0 amide bonds. The van der Waals surface area contributed by atoms with Gasteiger partial charge in [-0.05, 0) is 18.8 Å². The summed E-state index contributed by atoms with van der Waals surface area (Å²) in [5, 5.41) is 1.05. The Bertz CT molecular complexity index is 100. The molecular weight excluding hydrogens is 216 g/mol. The van der Waals surface area contributed by atoms with Crippen LogP contribution in [0.2, 0.25) is 0 Å². The van der Waals surface area contributed by atoms with Crippen molar-refractivity contribution in [1.29, 1.82) is 0 Å². The molecule has 0 spiro atoms. The number of hydrogen-bond donors (Lipinski definition) is 0. The van der Waals surface area contributed by atoms with Crippen LogP contribution in [0.1, 0.15) is 26.2 Å². The molecule has 0 N–H and O–H groups in total. The van der Waals surface area contributed by atoms with Crippen LogP contribution in [-0.4, -0.2) is 18.5 Å². The zero-order valence-corrected chi connectivity index (χ0v) is 9.48. The van der Waals surface area contributed by atoms with Gasteiger partial charge in [0.05, 0.1) is 6.61 Å². The third-order valence-corrected chi connectivity index (χ3v) is 2.76. The molecule has 12 heavy (non-hydrogen) atoms. The lowest BCUT2D eigenvalue weighted by atomic mass is 10.1. The minimum absolute atomic E-state index is 0.675. The molecule has 0 fully saturated rings. The van der Waals surface area contributed by atoms with Gasteiger partial charge >= 0.3 is 0 Å². The van der Waals surface area contributed by atoms with Crippen molar-refractivity contribution in [3.8, 4) is 0 Å². The molecule has 0 aliphatic heterocycles. The number of allylic oxidation sites excluding steroid dienone is 1. The number of halogens is 1. The van der Waals surface area contributed by atoms with Gasteiger partial charge in [-0.25, -0.2) is 0 Å². The van der Waals surface area contributed by atoms with E-state index in [-0.39, 0.29) is 0 Å². The molecule has 0 saturated heterocycles. The highest BCUT2D eigenvalue weighted by Gasteiger charge is 2.02. The molecule has 0 saturated carbocycles. The van der Waals surface area contributed by atoms with Gasteiger partial charge in [-0.15, -0.1) is 6.58 Å². The fourth-order valence-electron chi connectivity index (χ4n) is 0.851. The Morgan fingerprint density at radius 2 is 2.33 bits per heavy atom. The van der Waals surface area contributed by atoms with Crippen molar-refractivity contribution < 1.29 is 4.74 Å². The summed E-state index contributed by atoms with van der Waals surface area (Å²) in [6.45, 7) is 7.61. The Kier molecular flexibility index (Phi) is 9.41. The summed E-state index contributed by atoms with van der Waals surface area (Å²) < 4.78 is 5.50. The van der Waals surface area contributed by atoms with E-state index >= 15 is 0 Å². The first-order chi connectivity index (χ1) is 5.85. The normalized spacial score (nSPS) is 12.8. The van der Waals surface area contributed by atoms with Gasteiger partial charge in [-0.3, -0.25) is 0 Å². The summed E-state index contributed by atoms with van der Waals surface area (Å²) in [5.41, 5.74) is 0. The minimum atomic E-state index is 0.675. The Morgan fingerprint density at radius 1 is 1.58 bits per heavy atom. The number of ether oxygens (including phenoxy) is 1. The summed E-state index contributed by atoms with van der Waals surface area (Å²) in [5.74, 6) is 0.675. The van der Waals surface area contributed by atoms with E-state index in [9.17, 15) is 0 Å². The summed E-state index contributed by atoms with van der Waals surface area (Å²) in [6.07, 6.45) is 5.28. The zero-order chi connectivity index (χ0) is 9.23. The lowest BCUT2D eigenvalue weighted by molar-refractivity contribution is 0.104. The maximum Gasteiger partial charge on any atom is 0.0502 e. The van der Waals surface area contributed by atoms with Crippen LogP contribution in [0.4, 0.5) is 0 Å². The number of rotatable bonds is 8. The van der Waals surface area contributed by atoms with Crippen LogP contribution >= 0.6 is 15.9 Å². The zero-order valence-electron chi connectivity index (χ0n) is 7.89. The van der Waals surface area contributed by atoms with E-state index in [1.807, 2.05) is 6.08 Å². The Morgan fingerprint density at radius 3 is 2.83 bits per heavy atom. The van der Waals surface area contributed by atoms with Gasteiger partial charge < -0.3 is 4.74 Å². The second kappa shape index (κ2) is 9.27. The predicted octanol–water partition coefficient (Wildman–Crippen LogP) is 3.39. The van der Waals surface area contributed by atoms with Crippen molar-refractivity contribution in [2.45, 2.75) is 26.2 Å². The second-order valence-electron chi connectivity index (χ2n) is 2.93. The Balaban J connectivity index is 3.11. The molecule has 2 heteroatoms. The van der Waals surface area contributed by atoms with Crippen molar-refractivity contribution in [1.82, 2.24) is 0 Å². The predicted molar refractivity (Wildman–Crippen MR) is 57.8 cm³/mol. The van der Waals surface area contributed by atoms with Gasteiger partial charge in [0.1, 0.15) is 0 Å². The first-order valence-electron chi connectivity index (χ1n) is 4.59. The van der Waals surface area contributed by atoms with E-state index in [2.05, 4.69) is 29.4 Å². The summed E-state index contributed by atoms with van der Waals surface area (Å²) in [6, 6.07) is 0. The SMILES string of the molecule is C=CCCCOCC(CC)CBr. The van der Waals surface area contributed by atoms with Crippen LogP contribution < -0.4 is 0 Å². The molecule has 0 heterocycles. The number of hydrogen-bond acceptors (Lipinski definition) is 1. The van der Waals surface area contributed by atoms with Crippen molar-refractivity contribution in [2.24, 2.45) is 5.92 Å². The maximum absolute atomic E-state index is 5.50. The van der Waals surface area contributed by atoms with E-state index in [0.29, 0.717) is 5.92 Å². The Hall–Kier alpha value is 0.180. The van der Waals surface area contributed by atoms with Crippen LogP contribution in [0.15, 0.2) is 12.7 Å². The first-order valence-corrected chi connectivity index (χ1v) is 5.71. The van der Waals surface area contributed by atoms with Gasteiger partial charge in [0.2, 0.25) is 0 Å². The van der Waals surface area contributed by atoms with E-state index in [1.165, 1.54) is 6.42 Å². The van der Waals surface area contributed by atoms with Crippen LogP contribution in [0, 0.1) is 5.92 Å². The molecular formula is C10H19BrO. The van der Waals surface area contributed by atoms with Crippen molar-refractivity contribution in [2.75, 3.05) is 18.5 Å². The van der Waals surface area contributed by atoms with Crippen molar-refractivity contribution >= 4 is 15.9 Å². The van der Waals surface area contributed by atoms with Gasteiger partial charge in [0.25, 0.3) is 0 Å². The molecule has 0 bridgehead atoms. The highest BCUT2D eigenvalue weighted by atomic mass is 79.9. The highest BCUT2D eigenvalue weighted by Crippen LogP contribution is 2.06. The summed E-state index contributed by atoms with van der Waals surface area (Å²) >= 11 is 3.46. The third kappa shape index (κ3) is 6.86. The average Bonchev–Trinajstić information content (AvgIpc) is 2.11. The molecule has 1 atom stereocenters. The lowest BCUT2D eigenvalue weighted by Crippen LogP contribution is -2.10. The third-order valence-electron chi connectivity index (χ3n) is 1.85. The smallest absolute Gasteiger partial charge is 0.0502 e. The summed E-state index contributed by atoms with van der Waals surface area (Å²) in [7, 11) is 0. The largest absolute Gasteiger partial charge is 0.381 e. The van der Waals surface area contributed by atoms with Crippen LogP contribution in [0.5, 0.6) is 0 Å². The summed E-state index contributed by atoms with van der Waals surface area (Å²) in [4.78, 5) is 0. The van der Waals surface area contributed by atoms with Crippen molar-refractivity contribution in [3.63, 3.8) is 0 Å². The lowest BCUT2D eigenvalue weighted by Gasteiger charge is -2.11. The molecule has 0 radical (unpaired) electrons. The highest BCUT2D eigenvalue weighted by molar-refractivity contribution is 9.09. The number of alkyl halides is 1. The fourth-order valence-corrected chi connectivity index (χ4v) is 1.50. The quantitative estimate of drug-likeness (QED) is 0.356. The maximum atomic E-state index is 5.50. The number of unbranched alkanes of at least 4 members (excludes halogenated alkanes) is 1. The molecule has 1 nitrogen and oxygen atoms in total. The molecule has 72 valence electrons. The van der Waals surface area contributed by atoms with E-state index < -0.39 is 0 Å². The van der Waals surface area contributed by atoms with Gasteiger partial charge in [0, 0.05) is 11.9 Å². The van der Waals surface area contributed by atoms with Crippen LogP contribution in [0.3, 0.4) is 0 Å². The topological polar surface area (TPSA) is 9.23 Å². The molecule has 0 rings (SSSR count). The fraction of sp³-hybridized carbons (Fsp3) is 0.800. The average molecular weight is 235 g/mol. The molecule has 0 aliphatic rings. The monoisotopic (exact) mass is 234 g/mol. The van der Waals surface area contributed by atoms with Gasteiger partial charge in [0.15, 0.2) is 0 Å². The Labute approximate surface area is 84.3 Å². The molecule has 0 aromatic carbocycles. The molecule has 0 aliphatic carbocycles. The van der Waals surface area contributed by atoms with E-state index in [1.54, 1.807) is 0 Å². The van der Waals surface area contributed by atoms with E-state index in [4.69, 9.17) is 4.74 Å². The second-order valence-corrected chi connectivity index (χ2v) is 3.58. The first kappa shape index (κ1) is 12.2. The van der Waals surface area contributed by atoms with Crippen LogP contribution in [0.25, 0.3) is 0 Å². The minimum Gasteiger partial charge on any atom is -0.381 e. The van der Waals surface area contributed by atoms with E-state index in [0.717, 1.165) is 31.4 Å². The van der Waals surface area contributed by atoms with Crippen molar-refractivity contribution in [3.05, 3.63) is 12.7 Å². The molecule has 1 unspecified atom stereocenters. The van der Waals surface area contributed by atoms with Gasteiger partial charge in [-0.1, -0.05) is 35.4 Å².